The van der Waals surface area contributed by atoms with Crippen molar-refractivity contribution >= 4 is 24.8 Å². The average Bonchev–Trinajstić information content (AvgIpc) is 3.04. The van der Waals surface area contributed by atoms with Gasteiger partial charge in [-0.3, -0.25) is 0 Å². The summed E-state index contributed by atoms with van der Waals surface area (Å²) in [5.74, 6) is 0.819. The van der Waals surface area contributed by atoms with Gasteiger partial charge in [-0.25, -0.2) is 9.67 Å². The van der Waals surface area contributed by atoms with Crippen LogP contribution in [-0.2, 0) is 16.2 Å². The zero-order chi connectivity index (χ0) is 20.0. The van der Waals surface area contributed by atoms with Gasteiger partial charge in [-0.1, -0.05) is 37.8 Å². The third-order valence-electron chi connectivity index (χ3n) is 4.51. The molecule has 3 aromatic rings. The maximum Gasteiger partial charge on any atom is 0.140 e. The highest BCUT2D eigenvalue weighted by atomic mass is 28.3. The lowest BCUT2D eigenvalue weighted by atomic mass is 10.1. The first-order chi connectivity index (χ1) is 13.5. The fourth-order valence-electron chi connectivity index (χ4n) is 2.92. The molecule has 0 amide bonds. The minimum atomic E-state index is -1.09. The number of methoxy groups -OCH3 is 1. The monoisotopic (exact) mass is 398 g/mol. The van der Waals surface area contributed by atoms with E-state index in [0.29, 0.717) is 19.9 Å². The second kappa shape index (κ2) is 9.32. The Kier molecular flexibility index (Phi) is 6.82. The van der Waals surface area contributed by atoms with Crippen LogP contribution in [0.1, 0.15) is 0 Å². The van der Waals surface area contributed by atoms with Gasteiger partial charge < -0.3 is 14.8 Å². The molecule has 0 saturated carbocycles. The number of nitrogens with zero attached hydrogens (tertiary/aromatic N) is 3. The van der Waals surface area contributed by atoms with Crippen LogP contribution in [0.4, 0.5) is 5.82 Å². The molecule has 7 heteroatoms. The van der Waals surface area contributed by atoms with Crippen LogP contribution in [0.5, 0.6) is 0 Å². The number of benzene rings is 1. The van der Waals surface area contributed by atoms with Gasteiger partial charge in [-0.15, -0.1) is 0 Å². The molecular weight excluding hydrogens is 368 g/mol. The lowest BCUT2D eigenvalue weighted by molar-refractivity contribution is 0.0818. The van der Waals surface area contributed by atoms with Crippen molar-refractivity contribution in [3.63, 3.8) is 0 Å². The van der Waals surface area contributed by atoms with Crippen molar-refractivity contribution in [2.24, 2.45) is 0 Å². The highest BCUT2D eigenvalue weighted by Gasteiger charge is 2.14. The highest BCUT2D eigenvalue weighted by Crippen LogP contribution is 2.29. The predicted octanol–water partition coefficient (Wildman–Crippen LogP) is 4.47. The quantitative estimate of drug-likeness (QED) is 0.403. The Morgan fingerprint density at radius 3 is 2.71 bits per heavy atom. The Labute approximate surface area is 167 Å². The van der Waals surface area contributed by atoms with E-state index in [0.717, 1.165) is 40.6 Å². The topological polar surface area (TPSA) is 61.2 Å². The number of rotatable bonds is 10. The number of hydrogen-bond donors (Lipinski definition) is 1. The van der Waals surface area contributed by atoms with E-state index in [1.165, 1.54) is 0 Å². The molecule has 150 valence electrons. The Morgan fingerprint density at radius 2 is 1.93 bits per heavy atom. The molecule has 0 radical (unpaired) electrons. The minimum Gasteiger partial charge on any atom is -0.383 e. The first-order valence-corrected chi connectivity index (χ1v) is 13.4. The summed E-state index contributed by atoms with van der Waals surface area (Å²) in [5, 5.41) is 9.24. The van der Waals surface area contributed by atoms with E-state index >= 15 is 0 Å². The van der Waals surface area contributed by atoms with Gasteiger partial charge in [0.1, 0.15) is 18.2 Å². The molecule has 0 bridgehead atoms. The van der Waals surface area contributed by atoms with E-state index in [-0.39, 0.29) is 0 Å². The van der Waals surface area contributed by atoms with Crippen LogP contribution < -0.4 is 5.32 Å². The van der Waals surface area contributed by atoms with Crippen LogP contribution in [0.2, 0.25) is 25.7 Å². The molecule has 0 spiro atoms. The Bertz CT molecular complexity index is 905. The van der Waals surface area contributed by atoms with E-state index in [9.17, 15) is 0 Å². The van der Waals surface area contributed by atoms with Gasteiger partial charge in [0.15, 0.2) is 0 Å². The molecule has 0 unspecified atom stereocenters. The summed E-state index contributed by atoms with van der Waals surface area (Å²) in [7, 11) is 0.596. The molecule has 2 aromatic heterocycles. The average molecular weight is 399 g/mol. The third kappa shape index (κ3) is 5.40. The van der Waals surface area contributed by atoms with Crippen molar-refractivity contribution in [2.75, 3.05) is 32.2 Å². The van der Waals surface area contributed by atoms with Crippen molar-refractivity contribution in [1.29, 1.82) is 0 Å². The summed E-state index contributed by atoms with van der Waals surface area (Å²) in [6, 6.07) is 13.5. The predicted molar refractivity (Wildman–Crippen MR) is 117 cm³/mol. The molecule has 0 aliphatic rings. The summed E-state index contributed by atoms with van der Waals surface area (Å²) < 4.78 is 13.0. The van der Waals surface area contributed by atoms with Crippen LogP contribution in [0.3, 0.4) is 0 Å². The number of hydrogen-bond acceptors (Lipinski definition) is 5. The molecule has 0 aliphatic carbocycles. The van der Waals surface area contributed by atoms with Crippen molar-refractivity contribution < 1.29 is 9.47 Å². The van der Waals surface area contributed by atoms with Gasteiger partial charge in [0.25, 0.3) is 0 Å². The van der Waals surface area contributed by atoms with Crippen LogP contribution in [0.15, 0.2) is 42.6 Å². The second-order valence-electron chi connectivity index (χ2n) is 8.06. The minimum absolute atomic E-state index is 0.467. The second-order valence-corrected chi connectivity index (χ2v) is 13.7. The lowest BCUT2D eigenvalue weighted by Crippen LogP contribution is -2.22. The maximum atomic E-state index is 5.94. The molecule has 0 saturated heterocycles. The van der Waals surface area contributed by atoms with Gasteiger partial charge in [0.2, 0.25) is 0 Å². The van der Waals surface area contributed by atoms with Gasteiger partial charge >= 0.3 is 0 Å². The van der Waals surface area contributed by atoms with Gasteiger partial charge in [-0.2, -0.15) is 5.10 Å². The number of para-hydroxylation sites is 1. The number of aromatic nitrogens is 3. The molecule has 1 N–H and O–H groups in total. The van der Waals surface area contributed by atoms with Crippen molar-refractivity contribution in [3.05, 3.63) is 42.6 Å². The standard InChI is InChI=1S/C21H30N4O2Si/c1-26-12-11-23-20-15-17(9-10-22-20)21-18-7-5-6-8-19(18)25(24-21)16-27-13-14-28(2,3)4/h5-10,15H,11-14,16H2,1-4H3,(H,22,23). The number of anilines is 1. The molecule has 28 heavy (non-hydrogen) atoms. The number of pyridine rings is 1. The van der Waals surface area contributed by atoms with Crippen molar-refractivity contribution in [3.8, 4) is 11.3 Å². The van der Waals surface area contributed by atoms with Crippen LogP contribution in [0, 0.1) is 0 Å². The zero-order valence-corrected chi connectivity index (χ0v) is 18.2. The first kappa shape index (κ1) is 20.5. The normalized spacial score (nSPS) is 11.9. The van der Waals surface area contributed by atoms with Crippen LogP contribution in [-0.4, -0.2) is 49.7 Å². The molecule has 0 aliphatic heterocycles. The van der Waals surface area contributed by atoms with E-state index in [2.05, 4.69) is 42.1 Å². The van der Waals surface area contributed by atoms with E-state index in [1.807, 2.05) is 35.1 Å². The highest BCUT2D eigenvalue weighted by molar-refractivity contribution is 6.76. The summed E-state index contributed by atoms with van der Waals surface area (Å²) in [5.41, 5.74) is 3.06. The molecule has 1 aromatic carbocycles. The van der Waals surface area contributed by atoms with Gasteiger partial charge in [-0.05, 0) is 24.2 Å². The third-order valence-corrected chi connectivity index (χ3v) is 6.22. The Balaban J connectivity index is 1.81. The lowest BCUT2D eigenvalue weighted by Gasteiger charge is -2.15. The fraction of sp³-hybridized carbons (Fsp3) is 0.429. The van der Waals surface area contributed by atoms with E-state index < -0.39 is 8.07 Å². The van der Waals surface area contributed by atoms with Gasteiger partial charge in [0.05, 0.1) is 12.1 Å². The van der Waals surface area contributed by atoms with Crippen LogP contribution >= 0.6 is 0 Å². The SMILES string of the molecule is COCCNc1cc(-c2nn(COCC[Si](C)(C)C)c3ccccc23)ccn1. The number of nitrogens with one attached hydrogen (secondary N) is 1. The molecule has 0 atom stereocenters. The summed E-state index contributed by atoms with van der Waals surface area (Å²) in [6.45, 7) is 9.68. The largest absolute Gasteiger partial charge is 0.383 e. The van der Waals surface area contributed by atoms with E-state index in [1.54, 1.807) is 7.11 Å². The van der Waals surface area contributed by atoms with Gasteiger partial charge in [0, 0.05) is 45.5 Å². The Hall–Kier alpha value is -2.22. The van der Waals surface area contributed by atoms with Crippen molar-refractivity contribution in [1.82, 2.24) is 14.8 Å². The van der Waals surface area contributed by atoms with Crippen molar-refractivity contribution in [2.45, 2.75) is 32.4 Å². The zero-order valence-electron chi connectivity index (χ0n) is 17.2. The number of ether oxygens (including phenoxy) is 2. The first-order valence-electron chi connectivity index (χ1n) is 9.70. The summed E-state index contributed by atoms with van der Waals surface area (Å²) in [6.07, 6.45) is 1.81. The maximum absolute atomic E-state index is 5.94. The summed E-state index contributed by atoms with van der Waals surface area (Å²) in [4.78, 5) is 4.39. The molecule has 6 nitrogen and oxygen atoms in total. The van der Waals surface area contributed by atoms with E-state index in [4.69, 9.17) is 14.6 Å². The fourth-order valence-corrected chi connectivity index (χ4v) is 3.68. The molecule has 3 rings (SSSR count). The summed E-state index contributed by atoms with van der Waals surface area (Å²) >= 11 is 0. The Morgan fingerprint density at radius 1 is 1.11 bits per heavy atom. The smallest absolute Gasteiger partial charge is 0.140 e. The molecular formula is C21H30N4O2Si. The molecule has 2 heterocycles. The number of fused-ring (bicyclic) bond motifs is 1. The molecule has 0 fully saturated rings. The van der Waals surface area contributed by atoms with Crippen LogP contribution in [0.25, 0.3) is 22.2 Å².